The molecule has 1 saturated heterocycles. The van der Waals surface area contributed by atoms with Gasteiger partial charge < -0.3 is 23.4 Å². The molecule has 0 bridgehead atoms. The molecule has 208 valence electrons. The van der Waals surface area contributed by atoms with Gasteiger partial charge in [0.05, 0.1) is 26.4 Å². The fourth-order valence-corrected chi connectivity index (χ4v) is 11.5. The lowest BCUT2D eigenvalue weighted by atomic mass is 9.75. The van der Waals surface area contributed by atoms with Gasteiger partial charge in [0.15, 0.2) is 5.79 Å². The van der Waals surface area contributed by atoms with Gasteiger partial charge in [0.1, 0.15) is 17.1 Å². The first kappa shape index (κ1) is 27.9. The summed E-state index contributed by atoms with van der Waals surface area (Å²) in [5.74, 6) is 0.946. The summed E-state index contributed by atoms with van der Waals surface area (Å²) >= 11 is 0. The number of ether oxygens (including phenoxy) is 4. The predicted octanol–water partition coefficient (Wildman–Crippen LogP) is 6.18. The van der Waals surface area contributed by atoms with Gasteiger partial charge in [0.25, 0.3) is 8.32 Å². The number of hydrogen-bond donors (Lipinski definition) is 0. The molecule has 3 atom stereocenters. The van der Waals surface area contributed by atoms with Crippen molar-refractivity contribution in [3.63, 3.8) is 0 Å². The Bertz CT molecular complexity index is 1260. The maximum atomic E-state index is 7.76. The van der Waals surface area contributed by atoms with Crippen molar-refractivity contribution >= 4 is 18.7 Å². The van der Waals surface area contributed by atoms with Gasteiger partial charge in [-0.2, -0.15) is 0 Å². The molecule has 0 aromatic heterocycles. The van der Waals surface area contributed by atoms with Gasteiger partial charge in [-0.05, 0) is 48.3 Å². The number of rotatable bonds is 6. The van der Waals surface area contributed by atoms with E-state index in [2.05, 4.69) is 88.4 Å². The van der Waals surface area contributed by atoms with Gasteiger partial charge >= 0.3 is 0 Å². The van der Waals surface area contributed by atoms with Crippen molar-refractivity contribution in [2.24, 2.45) is 0 Å². The Balaban J connectivity index is 1.77. The zero-order valence-corrected chi connectivity index (χ0v) is 25.5. The summed E-state index contributed by atoms with van der Waals surface area (Å²) in [5.41, 5.74) is 1.56. The zero-order valence-electron chi connectivity index (χ0n) is 24.5. The van der Waals surface area contributed by atoms with Gasteiger partial charge in [-0.3, -0.25) is 0 Å². The van der Waals surface area contributed by atoms with Gasteiger partial charge in [-0.25, -0.2) is 0 Å². The lowest BCUT2D eigenvalue weighted by Gasteiger charge is -2.49. The van der Waals surface area contributed by atoms with Crippen LogP contribution < -0.4 is 19.8 Å². The molecule has 5 nitrogen and oxygen atoms in total. The number of methoxy groups -OCH3 is 2. The average Bonchev–Trinajstić information content (AvgIpc) is 3.12. The minimum absolute atomic E-state index is 0.123. The molecule has 1 aliphatic heterocycles. The Morgan fingerprint density at radius 2 is 1.36 bits per heavy atom. The molecule has 0 N–H and O–H groups in total. The third-order valence-corrected chi connectivity index (χ3v) is 13.5. The van der Waals surface area contributed by atoms with Crippen molar-refractivity contribution in [2.75, 3.05) is 14.2 Å². The second kappa shape index (κ2) is 10.1. The van der Waals surface area contributed by atoms with Crippen LogP contribution in [0.4, 0.5) is 0 Å². The summed E-state index contributed by atoms with van der Waals surface area (Å²) in [5, 5.41) is 2.30. The third-order valence-electron chi connectivity index (χ3n) is 8.43. The molecular formula is C33H42O5Si. The van der Waals surface area contributed by atoms with Crippen LogP contribution in [-0.2, 0) is 20.3 Å². The Kier molecular flexibility index (Phi) is 7.21. The zero-order chi connectivity index (χ0) is 28.1. The van der Waals surface area contributed by atoms with E-state index >= 15 is 0 Å². The normalized spacial score (nSPS) is 24.4. The summed E-state index contributed by atoms with van der Waals surface area (Å²) in [6.07, 6.45) is 0.888. The lowest BCUT2D eigenvalue weighted by Crippen LogP contribution is -2.67. The first-order chi connectivity index (χ1) is 18.5. The van der Waals surface area contributed by atoms with E-state index < -0.39 is 19.7 Å². The Hall–Kier alpha value is -2.64. The molecule has 6 heteroatoms. The molecular weight excluding hydrogens is 504 g/mol. The van der Waals surface area contributed by atoms with E-state index in [9.17, 15) is 0 Å². The van der Waals surface area contributed by atoms with E-state index in [1.807, 2.05) is 26.0 Å². The molecule has 0 saturated carbocycles. The van der Waals surface area contributed by atoms with E-state index in [0.717, 1.165) is 22.6 Å². The second-order valence-electron chi connectivity index (χ2n) is 12.3. The van der Waals surface area contributed by atoms with Crippen LogP contribution >= 0.6 is 0 Å². The highest BCUT2D eigenvalue weighted by Crippen LogP contribution is 2.54. The van der Waals surface area contributed by atoms with Crippen LogP contribution in [0.15, 0.2) is 72.8 Å². The SMILES string of the molecule is COc1ccc(OC)c2c1C[C@@]1(C[C@@H]2O[Si](c2ccccc2)(c2ccccc2)C(C)(C)C)OC(C)(C)O[C@H]1C. The maximum Gasteiger partial charge on any atom is 0.261 e. The van der Waals surface area contributed by atoms with Crippen molar-refractivity contribution in [2.45, 2.75) is 83.0 Å². The Morgan fingerprint density at radius 1 is 0.821 bits per heavy atom. The largest absolute Gasteiger partial charge is 0.496 e. The summed E-state index contributed by atoms with van der Waals surface area (Å²) in [6.45, 7) is 13.0. The lowest BCUT2D eigenvalue weighted by molar-refractivity contribution is -0.169. The molecule has 5 rings (SSSR count). The molecule has 0 amide bonds. The molecule has 1 fully saturated rings. The van der Waals surface area contributed by atoms with Crippen LogP contribution in [0.3, 0.4) is 0 Å². The van der Waals surface area contributed by atoms with Crippen LogP contribution in [0.2, 0.25) is 5.04 Å². The summed E-state index contributed by atoms with van der Waals surface area (Å²) in [7, 11) is 0.566. The Morgan fingerprint density at radius 3 is 1.82 bits per heavy atom. The van der Waals surface area contributed by atoms with Crippen LogP contribution in [0.5, 0.6) is 11.5 Å². The van der Waals surface area contributed by atoms with E-state index in [0.29, 0.717) is 12.8 Å². The van der Waals surface area contributed by atoms with Crippen LogP contribution in [0.25, 0.3) is 0 Å². The molecule has 3 aromatic rings. The highest BCUT2D eigenvalue weighted by molar-refractivity contribution is 6.99. The van der Waals surface area contributed by atoms with Gasteiger partial charge in [0, 0.05) is 24.0 Å². The molecule has 0 unspecified atom stereocenters. The summed E-state index contributed by atoms with van der Waals surface area (Å²) < 4.78 is 32.8. The fourth-order valence-electron chi connectivity index (χ4n) is 6.84. The average molecular weight is 547 g/mol. The van der Waals surface area contributed by atoms with Gasteiger partial charge in [-0.15, -0.1) is 0 Å². The minimum atomic E-state index is -2.89. The number of benzene rings is 3. The molecule has 3 aromatic carbocycles. The highest BCUT2D eigenvalue weighted by atomic mass is 28.4. The standard InChI is InChI=1S/C33H42O5Si/c1-23-33(38-32(5,6)36-23)21-26-27(34-7)19-20-28(35-8)30(26)29(22-33)37-39(31(2,3)4,24-15-11-9-12-16-24)25-17-13-10-14-18-25/h9-20,23,29H,21-22H2,1-8H3/t23-,29-,33-/m0/s1. The number of hydrogen-bond acceptors (Lipinski definition) is 5. The van der Waals surface area contributed by atoms with Crippen molar-refractivity contribution in [1.29, 1.82) is 0 Å². The van der Waals surface area contributed by atoms with Crippen molar-refractivity contribution in [3.05, 3.63) is 83.9 Å². The maximum absolute atomic E-state index is 7.76. The first-order valence-corrected chi connectivity index (χ1v) is 15.8. The van der Waals surface area contributed by atoms with E-state index in [4.69, 9.17) is 23.4 Å². The molecule has 0 radical (unpaired) electrons. The Labute approximate surface area is 234 Å². The van der Waals surface area contributed by atoms with E-state index in [1.165, 1.54) is 10.4 Å². The van der Waals surface area contributed by atoms with E-state index in [-0.39, 0.29) is 17.2 Å². The fraction of sp³-hybridized carbons (Fsp3) is 0.455. The molecule has 39 heavy (non-hydrogen) atoms. The van der Waals surface area contributed by atoms with Crippen LogP contribution in [-0.4, -0.2) is 40.0 Å². The first-order valence-electron chi connectivity index (χ1n) is 13.9. The smallest absolute Gasteiger partial charge is 0.261 e. The molecule has 1 spiro atoms. The van der Waals surface area contributed by atoms with Crippen LogP contribution in [0, 0.1) is 0 Å². The quantitative estimate of drug-likeness (QED) is 0.346. The molecule has 2 aliphatic rings. The molecule has 1 heterocycles. The van der Waals surface area contributed by atoms with Crippen molar-refractivity contribution < 1.29 is 23.4 Å². The predicted molar refractivity (Wildman–Crippen MR) is 158 cm³/mol. The minimum Gasteiger partial charge on any atom is -0.496 e. The monoisotopic (exact) mass is 546 g/mol. The number of fused-ring (bicyclic) bond motifs is 1. The van der Waals surface area contributed by atoms with E-state index in [1.54, 1.807) is 14.2 Å². The topological polar surface area (TPSA) is 46.2 Å². The summed E-state index contributed by atoms with van der Waals surface area (Å²) in [4.78, 5) is 0. The van der Waals surface area contributed by atoms with Crippen LogP contribution in [0.1, 0.15) is 65.2 Å². The highest BCUT2D eigenvalue weighted by Gasteiger charge is 2.58. The van der Waals surface area contributed by atoms with Crippen molar-refractivity contribution in [3.8, 4) is 11.5 Å². The van der Waals surface area contributed by atoms with Gasteiger partial charge in [-0.1, -0.05) is 81.4 Å². The third kappa shape index (κ3) is 4.71. The summed E-state index contributed by atoms with van der Waals surface area (Å²) in [6, 6.07) is 25.5. The van der Waals surface area contributed by atoms with Crippen molar-refractivity contribution in [1.82, 2.24) is 0 Å². The molecule has 1 aliphatic carbocycles. The van der Waals surface area contributed by atoms with Gasteiger partial charge in [0.2, 0.25) is 0 Å². The second-order valence-corrected chi connectivity index (χ2v) is 16.6.